The van der Waals surface area contributed by atoms with Gasteiger partial charge in [0.2, 0.25) is 0 Å². The summed E-state index contributed by atoms with van der Waals surface area (Å²) in [6.07, 6.45) is 1.02. The highest BCUT2D eigenvalue weighted by atomic mass is 16.2. The van der Waals surface area contributed by atoms with Crippen LogP contribution in [0.25, 0.3) is 0 Å². The molecule has 0 aromatic rings. The SMILES string of the molecule is CCNC(=O)NCCCN1CCNCC1. The summed E-state index contributed by atoms with van der Waals surface area (Å²) >= 11 is 0. The lowest BCUT2D eigenvalue weighted by Crippen LogP contribution is -2.44. The van der Waals surface area contributed by atoms with E-state index in [9.17, 15) is 4.79 Å². The molecule has 15 heavy (non-hydrogen) atoms. The standard InChI is InChI=1S/C10H22N4O/c1-2-12-10(15)13-4-3-7-14-8-5-11-6-9-14/h11H,2-9H2,1H3,(H2,12,13,15). The highest BCUT2D eigenvalue weighted by molar-refractivity contribution is 5.73. The molecule has 1 fully saturated rings. The summed E-state index contributed by atoms with van der Waals surface area (Å²) in [5.41, 5.74) is 0. The van der Waals surface area contributed by atoms with E-state index in [0.29, 0.717) is 6.54 Å². The predicted molar refractivity (Wildman–Crippen MR) is 61.0 cm³/mol. The minimum Gasteiger partial charge on any atom is -0.338 e. The number of urea groups is 1. The van der Waals surface area contributed by atoms with E-state index < -0.39 is 0 Å². The first kappa shape index (κ1) is 12.3. The monoisotopic (exact) mass is 214 g/mol. The second kappa shape index (κ2) is 7.48. The van der Waals surface area contributed by atoms with Gasteiger partial charge >= 0.3 is 6.03 Å². The van der Waals surface area contributed by atoms with Crippen LogP contribution in [0.3, 0.4) is 0 Å². The number of nitrogens with zero attached hydrogens (tertiary/aromatic N) is 1. The number of nitrogens with one attached hydrogen (secondary N) is 3. The summed E-state index contributed by atoms with van der Waals surface area (Å²) in [7, 11) is 0. The fourth-order valence-corrected chi connectivity index (χ4v) is 1.66. The predicted octanol–water partition coefficient (Wildman–Crippen LogP) is -0.399. The van der Waals surface area contributed by atoms with Gasteiger partial charge in [-0.3, -0.25) is 0 Å². The highest BCUT2D eigenvalue weighted by Gasteiger charge is 2.08. The number of amides is 2. The van der Waals surface area contributed by atoms with Crippen LogP contribution in [0.15, 0.2) is 0 Å². The van der Waals surface area contributed by atoms with E-state index in [1.54, 1.807) is 0 Å². The molecule has 5 heteroatoms. The average Bonchev–Trinajstić information content (AvgIpc) is 2.26. The smallest absolute Gasteiger partial charge is 0.314 e. The molecule has 0 aromatic heterocycles. The zero-order valence-electron chi connectivity index (χ0n) is 9.51. The Labute approximate surface area is 91.6 Å². The van der Waals surface area contributed by atoms with Gasteiger partial charge in [0.1, 0.15) is 0 Å². The molecule has 5 nitrogen and oxygen atoms in total. The van der Waals surface area contributed by atoms with Crippen molar-refractivity contribution in [3.05, 3.63) is 0 Å². The van der Waals surface area contributed by atoms with Crippen molar-refractivity contribution >= 4 is 6.03 Å². The number of carbonyl (C=O) groups excluding carboxylic acids is 1. The first-order valence-electron chi connectivity index (χ1n) is 5.77. The van der Waals surface area contributed by atoms with Crippen molar-refractivity contribution in [2.75, 3.05) is 45.8 Å². The molecule has 88 valence electrons. The summed E-state index contributed by atoms with van der Waals surface area (Å²) in [6.45, 7) is 8.86. The maximum Gasteiger partial charge on any atom is 0.314 e. The fourth-order valence-electron chi connectivity index (χ4n) is 1.66. The topological polar surface area (TPSA) is 56.4 Å². The maximum absolute atomic E-state index is 11.0. The largest absolute Gasteiger partial charge is 0.338 e. The van der Waals surface area contributed by atoms with E-state index in [-0.39, 0.29) is 6.03 Å². The molecule has 0 spiro atoms. The van der Waals surface area contributed by atoms with E-state index in [1.807, 2.05) is 6.92 Å². The molecule has 0 aliphatic carbocycles. The van der Waals surface area contributed by atoms with Crippen LogP contribution in [-0.2, 0) is 0 Å². The van der Waals surface area contributed by atoms with E-state index in [0.717, 1.165) is 45.7 Å². The van der Waals surface area contributed by atoms with Crippen molar-refractivity contribution in [2.45, 2.75) is 13.3 Å². The van der Waals surface area contributed by atoms with Crippen LogP contribution in [0.5, 0.6) is 0 Å². The van der Waals surface area contributed by atoms with Gasteiger partial charge in [-0.25, -0.2) is 4.79 Å². The molecule has 0 radical (unpaired) electrons. The Bertz CT molecular complexity index is 180. The van der Waals surface area contributed by atoms with Gasteiger partial charge in [0.15, 0.2) is 0 Å². The Hall–Kier alpha value is -0.810. The van der Waals surface area contributed by atoms with Crippen LogP contribution in [-0.4, -0.2) is 56.7 Å². The zero-order valence-corrected chi connectivity index (χ0v) is 9.51. The molecular weight excluding hydrogens is 192 g/mol. The van der Waals surface area contributed by atoms with Gasteiger partial charge in [-0.2, -0.15) is 0 Å². The van der Waals surface area contributed by atoms with Crippen LogP contribution in [0.4, 0.5) is 4.79 Å². The molecule has 1 aliphatic heterocycles. The molecule has 0 unspecified atom stereocenters. The van der Waals surface area contributed by atoms with Gasteiger partial charge in [0, 0.05) is 39.3 Å². The Morgan fingerprint density at radius 2 is 2.07 bits per heavy atom. The van der Waals surface area contributed by atoms with Crippen LogP contribution in [0.1, 0.15) is 13.3 Å². The first-order chi connectivity index (χ1) is 7.33. The number of hydrogen-bond donors (Lipinski definition) is 3. The van der Waals surface area contributed by atoms with Gasteiger partial charge in [-0.15, -0.1) is 0 Å². The van der Waals surface area contributed by atoms with E-state index >= 15 is 0 Å². The number of hydrogen-bond acceptors (Lipinski definition) is 3. The molecule has 1 saturated heterocycles. The first-order valence-corrected chi connectivity index (χ1v) is 5.77. The summed E-state index contributed by atoms with van der Waals surface area (Å²) in [5, 5.41) is 8.86. The van der Waals surface area contributed by atoms with Crippen LogP contribution >= 0.6 is 0 Å². The molecular formula is C10H22N4O. The molecule has 1 rings (SSSR count). The molecule has 0 atom stereocenters. The highest BCUT2D eigenvalue weighted by Crippen LogP contribution is 1.93. The fraction of sp³-hybridized carbons (Fsp3) is 0.900. The van der Waals surface area contributed by atoms with Gasteiger partial charge in [-0.1, -0.05) is 0 Å². The third kappa shape index (κ3) is 5.59. The Kier molecular flexibility index (Phi) is 6.11. The van der Waals surface area contributed by atoms with E-state index in [4.69, 9.17) is 0 Å². The normalized spacial score (nSPS) is 17.4. The van der Waals surface area contributed by atoms with Crippen LogP contribution in [0.2, 0.25) is 0 Å². The van der Waals surface area contributed by atoms with Gasteiger partial charge in [0.05, 0.1) is 0 Å². The number of carbonyl (C=O) groups is 1. The summed E-state index contributed by atoms with van der Waals surface area (Å²) in [4.78, 5) is 13.5. The molecule has 3 N–H and O–H groups in total. The van der Waals surface area contributed by atoms with Gasteiger partial charge in [-0.05, 0) is 19.9 Å². The second-order valence-corrected chi connectivity index (χ2v) is 3.73. The third-order valence-electron chi connectivity index (χ3n) is 2.48. The van der Waals surface area contributed by atoms with Crippen molar-refractivity contribution in [1.29, 1.82) is 0 Å². The Morgan fingerprint density at radius 1 is 1.33 bits per heavy atom. The Balaban J connectivity index is 1.93. The number of rotatable bonds is 5. The van der Waals surface area contributed by atoms with Crippen LogP contribution in [0, 0.1) is 0 Å². The lowest BCUT2D eigenvalue weighted by Gasteiger charge is -2.27. The van der Waals surface area contributed by atoms with Crippen molar-refractivity contribution in [3.8, 4) is 0 Å². The van der Waals surface area contributed by atoms with E-state index in [1.165, 1.54) is 0 Å². The lowest BCUT2D eigenvalue weighted by atomic mass is 10.3. The lowest BCUT2D eigenvalue weighted by molar-refractivity contribution is 0.230. The van der Waals surface area contributed by atoms with Gasteiger partial charge < -0.3 is 20.9 Å². The van der Waals surface area contributed by atoms with Crippen molar-refractivity contribution in [3.63, 3.8) is 0 Å². The molecule has 0 saturated carbocycles. The summed E-state index contributed by atoms with van der Waals surface area (Å²) in [5.74, 6) is 0. The second-order valence-electron chi connectivity index (χ2n) is 3.73. The minimum absolute atomic E-state index is 0.0576. The van der Waals surface area contributed by atoms with Crippen molar-refractivity contribution < 1.29 is 4.79 Å². The maximum atomic E-state index is 11.0. The molecule has 1 aliphatic rings. The third-order valence-corrected chi connectivity index (χ3v) is 2.48. The van der Waals surface area contributed by atoms with Gasteiger partial charge in [0.25, 0.3) is 0 Å². The molecule has 2 amide bonds. The number of piperazine rings is 1. The quantitative estimate of drug-likeness (QED) is 0.546. The zero-order chi connectivity index (χ0) is 10.9. The minimum atomic E-state index is -0.0576. The van der Waals surface area contributed by atoms with Crippen molar-refractivity contribution in [2.24, 2.45) is 0 Å². The van der Waals surface area contributed by atoms with E-state index in [2.05, 4.69) is 20.9 Å². The molecule has 0 aromatic carbocycles. The molecule has 0 bridgehead atoms. The van der Waals surface area contributed by atoms with Crippen LogP contribution < -0.4 is 16.0 Å². The average molecular weight is 214 g/mol. The summed E-state index contributed by atoms with van der Waals surface area (Å²) < 4.78 is 0. The van der Waals surface area contributed by atoms with Crippen molar-refractivity contribution in [1.82, 2.24) is 20.9 Å². The molecule has 1 heterocycles. The Morgan fingerprint density at radius 3 is 2.73 bits per heavy atom. The summed E-state index contributed by atoms with van der Waals surface area (Å²) in [6, 6.07) is -0.0576.